The molecule has 0 spiro atoms. The van der Waals surface area contributed by atoms with Crippen molar-refractivity contribution in [1.82, 2.24) is 0 Å². The average molecular weight is 277 g/mol. The number of primary amides is 1. The fraction of sp³-hybridized carbons (Fsp3) is 0.588. The molecule has 2 unspecified atom stereocenters. The van der Waals surface area contributed by atoms with E-state index in [1.807, 2.05) is 12.1 Å². The molecule has 0 heterocycles. The first-order valence-corrected chi connectivity index (χ1v) is 7.29. The number of phenolic OH excluding ortho intramolecular Hbond substituents is 1. The summed E-state index contributed by atoms with van der Waals surface area (Å²) in [6, 6.07) is 7.20. The van der Waals surface area contributed by atoms with Crippen molar-refractivity contribution in [3.63, 3.8) is 0 Å². The quantitative estimate of drug-likeness (QED) is 0.801. The molecule has 1 aromatic rings. The predicted molar refractivity (Wildman–Crippen MR) is 82.3 cm³/mol. The van der Waals surface area contributed by atoms with Crippen molar-refractivity contribution >= 4 is 5.91 Å². The van der Waals surface area contributed by atoms with Crippen molar-refractivity contribution < 1.29 is 9.90 Å². The second kappa shape index (κ2) is 6.78. The van der Waals surface area contributed by atoms with Gasteiger partial charge in [0.25, 0.3) is 0 Å². The van der Waals surface area contributed by atoms with Crippen LogP contribution in [0.1, 0.15) is 46.1 Å². The highest BCUT2D eigenvalue weighted by Crippen LogP contribution is 2.38. The summed E-state index contributed by atoms with van der Waals surface area (Å²) < 4.78 is 0. The lowest BCUT2D eigenvalue weighted by molar-refractivity contribution is -0.121. The maximum absolute atomic E-state index is 11.4. The number of rotatable bonds is 7. The lowest BCUT2D eigenvalue weighted by Gasteiger charge is -2.36. The molecule has 3 nitrogen and oxygen atoms in total. The van der Waals surface area contributed by atoms with Crippen molar-refractivity contribution in [1.29, 1.82) is 0 Å². The first-order chi connectivity index (χ1) is 9.23. The number of amides is 1. The summed E-state index contributed by atoms with van der Waals surface area (Å²) in [6.45, 7) is 8.73. The molecule has 0 aliphatic heterocycles. The van der Waals surface area contributed by atoms with Crippen molar-refractivity contribution in [3.05, 3.63) is 29.8 Å². The van der Waals surface area contributed by atoms with E-state index in [1.165, 1.54) is 0 Å². The van der Waals surface area contributed by atoms with Gasteiger partial charge in [0.15, 0.2) is 0 Å². The Morgan fingerprint density at radius 3 is 2.25 bits per heavy atom. The molecule has 0 bridgehead atoms. The minimum absolute atomic E-state index is 0.146. The van der Waals surface area contributed by atoms with Gasteiger partial charge in [-0.25, -0.2) is 0 Å². The van der Waals surface area contributed by atoms with Gasteiger partial charge < -0.3 is 10.8 Å². The van der Waals surface area contributed by atoms with Crippen LogP contribution in [0.15, 0.2) is 24.3 Å². The Hall–Kier alpha value is -1.51. The van der Waals surface area contributed by atoms with Gasteiger partial charge in [-0.2, -0.15) is 0 Å². The summed E-state index contributed by atoms with van der Waals surface area (Å²) in [6.07, 6.45) is 2.26. The van der Waals surface area contributed by atoms with Crippen molar-refractivity contribution in [2.24, 2.45) is 23.0 Å². The third kappa shape index (κ3) is 4.87. The molecular formula is C17H27NO2. The highest BCUT2D eigenvalue weighted by atomic mass is 16.3. The van der Waals surface area contributed by atoms with Gasteiger partial charge in [-0.1, -0.05) is 39.8 Å². The maximum atomic E-state index is 11.4. The number of nitrogens with two attached hydrogens (primary N) is 1. The third-order valence-electron chi connectivity index (χ3n) is 4.14. The third-order valence-corrected chi connectivity index (χ3v) is 4.14. The van der Waals surface area contributed by atoms with Crippen LogP contribution in [0.3, 0.4) is 0 Å². The van der Waals surface area contributed by atoms with E-state index in [-0.39, 0.29) is 17.1 Å². The highest BCUT2D eigenvalue weighted by Gasteiger charge is 2.33. The molecule has 0 saturated heterocycles. The second-order valence-corrected chi connectivity index (χ2v) is 6.67. The van der Waals surface area contributed by atoms with E-state index in [9.17, 15) is 9.90 Å². The van der Waals surface area contributed by atoms with Gasteiger partial charge in [-0.3, -0.25) is 4.79 Å². The second-order valence-electron chi connectivity index (χ2n) is 6.67. The summed E-state index contributed by atoms with van der Waals surface area (Å²) >= 11 is 0. The van der Waals surface area contributed by atoms with Crippen LogP contribution in [0.25, 0.3) is 0 Å². The van der Waals surface area contributed by atoms with E-state index in [0.717, 1.165) is 18.4 Å². The molecule has 0 aliphatic rings. The van der Waals surface area contributed by atoms with E-state index < -0.39 is 0 Å². The smallest absolute Gasteiger partial charge is 0.217 e. The zero-order valence-electron chi connectivity index (χ0n) is 13.0. The number of benzene rings is 1. The first-order valence-electron chi connectivity index (χ1n) is 7.29. The van der Waals surface area contributed by atoms with E-state index in [2.05, 4.69) is 27.7 Å². The molecule has 1 rings (SSSR count). The van der Waals surface area contributed by atoms with Gasteiger partial charge in [0.1, 0.15) is 5.75 Å². The molecule has 0 fully saturated rings. The summed E-state index contributed by atoms with van der Waals surface area (Å²) in [5.74, 6) is 1.02. The van der Waals surface area contributed by atoms with E-state index in [1.54, 1.807) is 12.1 Å². The van der Waals surface area contributed by atoms with Crippen LogP contribution in [0.4, 0.5) is 0 Å². The van der Waals surface area contributed by atoms with Gasteiger partial charge in [0.2, 0.25) is 5.91 Å². The molecule has 0 radical (unpaired) electrons. The lowest BCUT2D eigenvalue weighted by atomic mass is 9.68. The van der Waals surface area contributed by atoms with E-state index in [0.29, 0.717) is 18.3 Å². The Bertz CT molecular complexity index is 439. The van der Waals surface area contributed by atoms with Gasteiger partial charge in [0, 0.05) is 6.42 Å². The number of aromatic hydroxyl groups is 1. The highest BCUT2D eigenvalue weighted by molar-refractivity contribution is 5.74. The van der Waals surface area contributed by atoms with Crippen LogP contribution < -0.4 is 5.73 Å². The van der Waals surface area contributed by atoms with Crippen LogP contribution in [0, 0.1) is 17.3 Å². The van der Waals surface area contributed by atoms with Gasteiger partial charge in [-0.15, -0.1) is 0 Å². The number of hydrogen-bond acceptors (Lipinski definition) is 2. The Morgan fingerprint density at radius 1 is 1.25 bits per heavy atom. The molecule has 0 saturated carbocycles. The molecule has 3 heteroatoms. The number of carbonyl (C=O) groups excluding carboxylic acids is 1. The van der Waals surface area contributed by atoms with Crippen molar-refractivity contribution in [2.75, 3.05) is 0 Å². The number of hydrogen-bond donors (Lipinski definition) is 2. The topological polar surface area (TPSA) is 63.3 Å². The monoisotopic (exact) mass is 277 g/mol. The SMILES string of the molecule is CC(C)CC(C)C(C)(CC(N)=O)Cc1ccc(O)cc1. The van der Waals surface area contributed by atoms with Gasteiger partial charge >= 0.3 is 0 Å². The fourth-order valence-corrected chi connectivity index (χ4v) is 2.88. The Kier molecular flexibility index (Phi) is 5.61. The zero-order chi connectivity index (χ0) is 15.3. The average Bonchev–Trinajstić information content (AvgIpc) is 2.30. The molecule has 3 N–H and O–H groups in total. The van der Waals surface area contributed by atoms with Crippen LogP contribution in [0.5, 0.6) is 5.75 Å². The summed E-state index contributed by atoms with van der Waals surface area (Å²) in [7, 11) is 0. The molecule has 20 heavy (non-hydrogen) atoms. The zero-order valence-corrected chi connectivity index (χ0v) is 13.0. The lowest BCUT2D eigenvalue weighted by Crippen LogP contribution is -2.34. The minimum Gasteiger partial charge on any atom is -0.508 e. The van der Waals surface area contributed by atoms with Crippen LogP contribution in [0.2, 0.25) is 0 Å². The molecule has 0 aliphatic carbocycles. The number of carbonyl (C=O) groups is 1. The first kappa shape index (κ1) is 16.5. The van der Waals surface area contributed by atoms with Crippen molar-refractivity contribution in [2.45, 2.75) is 47.0 Å². The van der Waals surface area contributed by atoms with Crippen molar-refractivity contribution in [3.8, 4) is 5.75 Å². The largest absolute Gasteiger partial charge is 0.508 e. The maximum Gasteiger partial charge on any atom is 0.217 e. The van der Waals surface area contributed by atoms with E-state index in [4.69, 9.17) is 5.73 Å². The molecule has 0 aromatic heterocycles. The molecular weight excluding hydrogens is 250 g/mol. The predicted octanol–water partition coefficient (Wildman–Crippen LogP) is 3.50. The minimum atomic E-state index is -0.248. The molecule has 112 valence electrons. The molecule has 1 amide bonds. The Labute approximate surface area is 122 Å². The Balaban J connectivity index is 2.92. The fourth-order valence-electron chi connectivity index (χ4n) is 2.88. The summed E-state index contributed by atoms with van der Waals surface area (Å²) in [5, 5.41) is 9.35. The van der Waals surface area contributed by atoms with Crippen LogP contribution in [-0.4, -0.2) is 11.0 Å². The number of phenols is 1. The van der Waals surface area contributed by atoms with E-state index >= 15 is 0 Å². The van der Waals surface area contributed by atoms with Gasteiger partial charge in [-0.05, 0) is 47.8 Å². The summed E-state index contributed by atoms with van der Waals surface area (Å²) in [5.41, 5.74) is 6.43. The summed E-state index contributed by atoms with van der Waals surface area (Å²) in [4.78, 5) is 11.4. The molecule has 1 aromatic carbocycles. The standard InChI is InChI=1S/C17H27NO2/c1-12(2)9-13(3)17(4,11-16(18)20)10-14-5-7-15(19)8-6-14/h5-8,12-13,19H,9-11H2,1-4H3,(H2,18,20). The normalized spacial score (nSPS) is 15.8. The van der Waals surface area contributed by atoms with Crippen LogP contribution in [-0.2, 0) is 11.2 Å². The van der Waals surface area contributed by atoms with Crippen LogP contribution >= 0.6 is 0 Å². The molecule has 2 atom stereocenters. The Morgan fingerprint density at radius 2 is 1.80 bits per heavy atom. The van der Waals surface area contributed by atoms with Gasteiger partial charge in [0.05, 0.1) is 0 Å².